The Balaban J connectivity index is 2.48. The van der Waals surface area contributed by atoms with E-state index in [9.17, 15) is 0 Å². The summed E-state index contributed by atoms with van der Waals surface area (Å²) in [5.74, 6) is 1.58. The van der Waals surface area contributed by atoms with Crippen LogP contribution in [0.4, 0.5) is 0 Å². The van der Waals surface area contributed by atoms with Crippen molar-refractivity contribution < 1.29 is 9.47 Å². The highest BCUT2D eigenvalue weighted by molar-refractivity contribution is 9.10. The Morgan fingerprint density at radius 1 is 1.10 bits per heavy atom. The molecule has 0 radical (unpaired) electrons. The summed E-state index contributed by atoms with van der Waals surface area (Å²) >= 11 is 3.45. The minimum absolute atomic E-state index is 0.297. The van der Waals surface area contributed by atoms with E-state index in [0.29, 0.717) is 6.61 Å². The van der Waals surface area contributed by atoms with Gasteiger partial charge in [-0.3, -0.25) is 0 Å². The number of aryl methyl sites for hydroxylation is 1. The average molecular weight is 350 g/mol. The standard InChI is InChI=1S/C17H20BrNO2/c1-4-21-15-8-5-11(2)9-14(15)17(19)13-7-6-12(18)10-16(13)20-3/h5-10,17H,4,19H2,1-3H3. The molecular formula is C17H20BrNO2. The first-order valence-corrected chi connectivity index (χ1v) is 7.68. The second-order valence-corrected chi connectivity index (χ2v) is 5.75. The van der Waals surface area contributed by atoms with Crippen LogP contribution in [0.2, 0.25) is 0 Å². The van der Waals surface area contributed by atoms with E-state index < -0.39 is 0 Å². The first-order valence-electron chi connectivity index (χ1n) is 6.89. The molecule has 1 atom stereocenters. The molecule has 112 valence electrons. The summed E-state index contributed by atoms with van der Waals surface area (Å²) in [5, 5.41) is 0. The zero-order valence-corrected chi connectivity index (χ0v) is 14.1. The van der Waals surface area contributed by atoms with Gasteiger partial charge in [-0.1, -0.05) is 39.7 Å². The molecule has 4 heteroatoms. The Labute approximate surface area is 134 Å². The lowest BCUT2D eigenvalue weighted by molar-refractivity contribution is 0.335. The molecule has 3 nitrogen and oxygen atoms in total. The fourth-order valence-corrected chi connectivity index (χ4v) is 2.65. The number of hydrogen-bond acceptors (Lipinski definition) is 3. The van der Waals surface area contributed by atoms with E-state index in [2.05, 4.69) is 22.0 Å². The quantitative estimate of drug-likeness (QED) is 0.878. The van der Waals surface area contributed by atoms with Crippen LogP contribution in [0.5, 0.6) is 11.5 Å². The number of halogens is 1. The monoisotopic (exact) mass is 349 g/mol. The topological polar surface area (TPSA) is 44.5 Å². The fraction of sp³-hybridized carbons (Fsp3) is 0.294. The summed E-state index contributed by atoms with van der Waals surface area (Å²) in [7, 11) is 1.65. The van der Waals surface area contributed by atoms with Crippen LogP contribution in [0, 0.1) is 6.92 Å². The van der Waals surface area contributed by atoms with Gasteiger partial charge in [0.2, 0.25) is 0 Å². The molecule has 0 bridgehead atoms. The minimum atomic E-state index is -0.297. The third-order valence-corrected chi connectivity index (χ3v) is 3.82. The zero-order chi connectivity index (χ0) is 15.4. The summed E-state index contributed by atoms with van der Waals surface area (Å²) in [6.45, 7) is 4.63. The Bertz CT molecular complexity index is 628. The summed E-state index contributed by atoms with van der Waals surface area (Å²) in [6.07, 6.45) is 0. The minimum Gasteiger partial charge on any atom is -0.496 e. The Morgan fingerprint density at radius 2 is 1.86 bits per heavy atom. The Hall–Kier alpha value is -1.52. The predicted molar refractivity (Wildman–Crippen MR) is 89.1 cm³/mol. The van der Waals surface area contributed by atoms with Crippen molar-refractivity contribution in [2.45, 2.75) is 19.9 Å². The van der Waals surface area contributed by atoms with Crippen molar-refractivity contribution in [3.63, 3.8) is 0 Å². The van der Waals surface area contributed by atoms with Crippen LogP contribution in [0.15, 0.2) is 40.9 Å². The number of rotatable bonds is 5. The highest BCUT2D eigenvalue weighted by Crippen LogP contribution is 2.35. The van der Waals surface area contributed by atoms with E-state index in [1.54, 1.807) is 7.11 Å². The third-order valence-electron chi connectivity index (χ3n) is 3.33. The maximum absolute atomic E-state index is 6.47. The van der Waals surface area contributed by atoms with Crippen molar-refractivity contribution in [3.05, 3.63) is 57.6 Å². The average Bonchev–Trinajstić information content (AvgIpc) is 2.48. The van der Waals surface area contributed by atoms with E-state index in [4.69, 9.17) is 15.2 Å². The van der Waals surface area contributed by atoms with Crippen LogP contribution in [-0.4, -0.2) is 13.7 Å². The second-order valence-electron chi connectivity index (χ2n) is 4.84. The van der Waals surface area contributed by atoms with Gasteiger partial charge in [0, 0.05) is 15.6 Å². The van der Waals surface area contributed by atoms with Gasteiger partial charge in [-0.2, -0.15) is 0 Å². The van der Waals surface area contributed by atoms with Gasteiger partial charge in [-0.25, -0.2) is 0 Å². The summed E-state index contributed by atoms with van der Waals surface area (Å²) in [4.78, 5) is 0. The van der Waals surface area contributed by atoms with E-state index in [0.717, 1.165) is 32.7 Å². The molecule has 0 fully saturated rings. The Morgan fingerprint density at radius 3 is 2.52 bits per heavy atom. The lowest BCUT2D eigenvalue weighted by Gasteiger charge is -2.20. The lowest BCUT2D eigenvalue weighted by Crippen LogP contribution is -2.15. The first-order chi connectivity index (χ1) is 10.1. The molecule has 0 saturated carbocycles. The maximum Gasteiger partial charge on any atom is 0.125 e. The molecule has 0 amide bonds. The SMILES string of the molecule is CCOc1ccc(C)cc1C(N)c1ccc(Br)cc1OC. The number of hydrogen-bond donors (Lipinski definition) is 1. The van der Waals surface area contributed by atoms with Crippen LogP contribution >= 0.6 is 15.9 Å². The highest BCUT2D eigenvalue weighted by Gasteiger charge is 2.18. The smallest absolute Gasteiger partial charge is 0.125 e. The van der Waals surface area contributed by atoms with E-state index in [1.807, 2.05) is 44.2 Å². The fourth-order valence-electron chi connectivity index (χ4n) is 2.31. The van der Waals surface area contributed by atoms with Gasteiger partial charge >= 0.3 is 0 Å². The van der Waals surface area contributed by atoms with Gasteiger partial charge in [-0.15, -0.1) is 0 Å². The first kappa shape index (κ1) is 15.9. The van der Waals surface area contributed by atoms with Gasteiger partial charge in [0.05, 0.1) is 19.8 Å². The molecular weight excluding hydrogens is 330 g/mol. The van der Waals surface area contributed by atoms with Crippen molar-refractivity contribution in [2.75, 3.05) is 13.7 Å². The molecule has 21 heavy (non-hydrogen) atoms. The molecule has 2 rings (SSSR count). The molecule has 0 aromatic heterocycles. The molecule has 1 unspecified atom stereocenters. The van der Waals surface area contributed by atoms with Gasteiger partial charge in [-0.05, 0) is 32.0 Å². The maximum atomic E-state index is 6.47. The van der Waals surface area contributed by atoms with Crippen molar-refractivity contribution in [2.24, 2.45) is 5.73 Å². The number of methoxy groups -OCH3 is 1. The second kappa shape index (κ2) is 6.96. The van der Waals surface area contributed by atoms with Gasteiger partial charge in [0.15, 0.2) is 0 Å². The predicted octanol–water partition coefficient (Wildman–Crippen LogP) is 4.21. The normalized spacial score (nSPS) is 12.0. The van der Waals surface area contributed by atoms with E-state index >= 15 is 0 Å². The highest BCUT2D eigenvalue weighted by atomic mass is 79.9. The third kappa shape index (κ3) is 3.57. The van der Waals surface area contributed by atoms with Crippen molar-refractivity contribution in [3.8, 4) is 11.5 Å². The van der Waals surface area contributed by atoms with E-state index in [1.165, 1.54) is 0 Å². The van der Waals surface area contributed by atoms with Crippen molar-refractivity contribution in [1.29, 1.82) is 0 Å². The molecule has 2 aromatic carbocycles. The van der Waals surface area contributed by atoms with Crippen molar-refractivity contribution >= 4 is 15.9 Å². The number of nitrogens with two attached hydrogens (primary N) is 1. The van der Waals surface area contributed by atoms with Gasteiger partial charge < -0.3 is 15.2 Å². The summed E-state index contributed by atoms with van der Waals surface area (Å²) in [5.41, 5.74) is 9.53. The molecule has 0 aliphatic heterocycles. The summed E-state index contributed by atoms with van der Waals surface area (Å²) < 4.78 is 12.1. The zero-order valence-electron chi connectivity index (χ0n) is 12.5. The van der Waals surface area contributed by atoms with Crippen LogP contribution in [-0.2, 0) is 0 Å². The van der Waals surface area contributed by atoms with Gasteiger partial charge in [0.1, 0.15) is 11.5 Å². The molecule has 2 N–H and O–H groups in total. The van der Waals surface area contributed by atoms with Crippen LogP contribution < -0.4 is 15.2 Å². The number of ether oxygens (including phenoxy) is 2. The van der Waals surface area contributed by atoms with Crippen LogP contribution in [0.1, 0.15) is 29.7 Å². The largest absolute Gasteiger partial charge is 0.496 e. The van der Waals surface area contributed by atoms with Crippen molar-refractivity contribution in [1.82, 2.24) is 0 Å². The van der Waals surface area contributed by atoms with Crippen LogP contribution in [0.3, 0.4) is 0 Å². The Kier molecular flexibility index (Phi) is 5.26. The molecule has 0 saturated heterocycles. The molecule has 0 aliphatic rings. The molecule has 0 heterocycles. The molecule has 2 aromatic rings. The lowest BCUT2D eigenvalue weighted by atomic mass is 9.96. The number of benzene rings is 2. The van der Waals surface area contributed by atoms with Crippen LogP contribution in [0.25, 0.3) is 0 Å². The summed E-state index contributed by atoms with van der Waals surface area (Å²) in [6, 6.07) is 11.6. The van der Waals surface area contributed by atoms with E-state index in [-0.39, 0.29) is 6.04 Å². The van der Waals surface area contributed by atoms with Gasteiger partial charge in [0.25, 0.3) is 0 Å². The molecule has 0 spiro atoms. The molecule has 0 aliphatic carbocycles.